The van der Waals surface area contributed by atoms with E-state index in [0.717, 1.165) is 37.8 Å². The van der Waals surface area contributed by atoms with Gasteiger partial charge in [-0.2, -0.15) is 5.10 Å². The maximum absolute atomic E-state index is 4.59. The molecule has 0 saturated carbocycles. The van der Waals surface area contributed by atoms with Crippen molar-refractivity contribution in [3.63, 3.8) is 0 Å². The predicted molar refractivity (Wildman–Crippen MR) is 100 cm³/mol. The highest BCUT2D eigenvalue weighted by Crippen LogP contribution is 2.37. The van der Waals surface area contributed by atoms with Crippen molar-refractivity contribution < 1.29 is 0 Å². The number of aryl methyl sites for hydroxylation is 2. The molecule has 0 aliphatic heterocycles. The maximum Gasteiger partial charge on any atom is 0.0843 e. The number of aromatic nitrogens is 2. The third-order valence-corrected chi connectivity index (χ3v) is 7.64. The molecule has 0 spiro atoms. The molecule has 2 aromatic rings. The summed E-state index contributed by atoms with van der Waals surface area (Å²) in [6, 6.07) is 2.48. The van der Waals surface area contributed by atoms with Crippen LogP contribution in [0.4, 0.5) is 0 Å². The number of nitrogens with zero attached hydrogens (tertiary/aromatic N) is 2. The number of rotatable bonds is 6. The van der Waals surface area contributed by atoms with Crippen molar-refractivity contribution in [2.45, 2.75) is 32.7 Å². The van der Waals surface area contributed by atoms with Gasteiger partial charge in [0.15, 0.2) is 0 Å². The fourth-order valence-electron chi connectivity index (χ4n) is 2.29. The van der Waals surface area contributed by atoms with Gasteiger partial charge in [-0.25, -0.2) is 0 Å². The van der Waals surface area contributed by atoms with Crippen LogP contribution in [0.25, 0.3) is 0 Å². The Bertz CT molecular complexity index is 602. The molecule has 7 heteroatoms. The van der Waals surface area contributed by atoms with Crippen LogP contribution in [-0.2, 0) is 19.9 Å². The third kappa shape index (κ3) is 3.99. The molecule has 21 heavy (non-hydrogen) atoms. The van der Waals surface area contributed by atoms with E-state index in [1.54, 1.807) is 11.3 Å². The van der Waals surface area contributed by atoms with Gasteiger partial charge in [-0.1, -0.05) is 13.8 Å². The van der Waals surface area contributed by atoms with Gasteiger partial charge < -0.3 is 5.32 Å². The normalized spacial score (nSPS) is 12.9. The molecule has 0 aromatic carbocycles. The minimum absolute atomic E-state index is 0.291. The van der Waals surface area contributed by atoms with Gasteiger partial charge in [0, 0.05) is 28.9 Å². The van der Waals surface area contributed by atoms with Gasteiger partial charge in [0.05, 0.1) is 19.6 Å². The van der Waals surface area contributed by atoms with Gasteiger partial charge in [-0.15, -0.1) is 11.3 Å². The highest BCUT2D eigenvalue weighted by atomic mass is 79.9. The number of likely N-dealkylation sites (N-methyl/N-ethyl adjacent to an activating group) is 1. The fourth-order valence-corrected chi connectivity index (χ4v) is 5.23. The third-order valence-electron chi connectivity index (χ3n) is 3.36. The second-order valence-electron chi connectivity index (χ2n) is 4.77. The van der Waals surface area contributed by atoms with Crippen LogP contribution in [0.15, 0.2) is 18.8 Å². The molecule has 1 atom stereocenters. The zero-order chi connectivity index (χ0) is 15.6. The Hall–Kier alpha value is 0.310. The summed E-state index contributed by atoms with van der Waals surface area (Å²) in [5.41, 5.74) is 2.36. The van der Waals surface area contributed by atoms with E-state index in [0.29, 0.717) is 6.04 Å². The maximum atomic E-state index is 4.59. The van der Waals surface area contributed by atoms with Crippen molar-refractivity contribution in [3.8, 4) is 0 Å². The van der Waals surface area contributed by atoms with Crippen molar-refractivity contribution in [1.82, 2.24) is 15.1 Å². The van der Waals surface area contributed by atoms with Gasteiger partial charge in [0.25, 0.3) is 0 Å². The smallest absolute Gasteiger partial charge is 0.0843 e. The lowest BCUT2D eigenvalue weighted by molar-refractivity contribution is 0.535. The van der Waals surface area contributed by atoms with Crippen LogP contribution in [0.2, 0.25) is 0 Å². The van der Waals surface area contributed by atoms with Gasteiger partial charge in [-0.05, 0) is 66.8 Å². The topological polar surface area (TPSA) is 29.9 Å². The first-order chi connectivity index (χ1) is 9.97. The van der Waals surface area contributed by atoms with Crippen LogP contribution in [0.5, 0.6) is 0 Å². The van der Waals surface area contributed by atoms with Crippen LogP contribution >= 0.6 is 59.1 Å². The first kappa shape index (κ1) is 17.7. The molecule has 2 heterocycles. The molecule has 0 aliphatic carbocycles. The number of nitrogens with one attached hydrogen (secondary N) is 1. The number of thiophene rings is 1. The second kappa shape index (κ2) is 7.73. The lowest BCUT2D eigenvalue weighted by atomic mass is 10.1. The van der Waals surface area contributed by atoms with E-state index in [-0.39, 0.29) is 0 Å². The first-order valence-corrected chi connectivity index (χ1v) is 10.1. The summed E-state index contributed by atoms with van der Waals surface area (Å²) in [5.74, 6) is 0. The molecule has 0 bridgehead atoms. The Labute approximate surface area is 154 Å². The molecule has 2 rings (SSSR count). The van der Waals surface area contributed by atoms with Gasteiger partial charge >= 0.3 is 0 Å². The van der Waals surface area contributed by atoms with Gasteiger partial charge in [0.2, 0.25) is 0 Å². The van der Waals surface area contributed by atoms with E-state index in [1.807, 2.05) is 11.7 Å². The molecule has 3 nitrogen and oxygen atoms in total. The fraction of sp³-hybridized carbons (Fsp3) is 0.500. The van der Waals surface area contributed by atoms with Crippen molar-refractivity contribution in [2.24, 2.45) is 7.05 Å². The Morgan fingerprint density at radius 3 is 2.52 bits per heavy atom. The molecular weight excluding hydrogens is 482 g/mol. The molecule has 0 radical (unpaired) electrons. The molecule has 116 valence electrons. The summed E-state index contributed by atoms with van der Waals surface area (Å²) < 4.78 is 5.39. The zero-order valence-corrected chi connectivity index (χ0v) is 17.8. The van der Waals surface area contributed by atoms with Crippen LogP contribution in [0.3, 0.4) is 0 Å². The highest BCUT2D eigenvalue weighted by molar-refractivity contribution is 9.13. The SMILES string of the molecule is CCNC(Cc1c(Br)c(CC)nn1C)c1cc(Br)c(Br)s1. The summed E-state index contributed by atoms with van der Waals surface area (Å²) in [7, 11) is 2.02. The van der Waals surface area contributed by atoms with E-state index in [9.17, 15) is 0 Å². The second-order valence-corrected chi connectivity index (χ2v) is 8.82. The van der Waals surface area contributed by atoms with Crippen LogP contribution < -0.4 is 5.32 Å². The van der Waals surface area contributed by atoms with Crippen molar-refractivity contribution in [3.05, 3.63) is 35.1 Å². The Morgan fingerprint density at radius 1 is 1.33 bits per heavy atom. The minimum Gasteiger partial charge on any atom is -0.309 e. The van der Waals surface area contributed by atoms with E-state index >= 15 is 0 Å². The van der Waals surface area contributed by atoms with Gasteiger partial charge in [-0.3, -0.25) is 4.68 Å². The Kier molecular flexibility index (Phi) is 6.50. The summed E-state index contributed by atoms with van der Waals surface area (Å²) >= 11 is 12.6. The molecule has 1 unspecified atom stereocenters. The Morgan fingerprint density at radius 2 is 2.05 bits per heavy atom. The van der Waals surface area contributed by atoms with Gasteiger partial charge in [0.1, 0.15) is 0 Å². The van der Waals surface area contributed by atoms with E-state index in [4.69, 9.17) is 0 Å². The van der Waals surface area contributed by atoms with Crippen LogP contribution in [0.1, 0.15) is 36.2 Å². The average Bonchev–Trinajstić information content (AvgIpc) is 2.92. The molecule has 0 saturated heterocycles. The molecule has 2 aromatic heterocycles. The van der Waals surface area contributed by atoms with E-state index in [2.05, 4.69) is 78.1 Å². The predicted octanol–water partition coefficient (Wildman–Crippen LogP) is 5.22. The Balaban J connectivity index is 2.30. The first-order valence-electron chi connectivity index (χ1n) is 6.86. The summed E-state index contributed by atoms with van der Waals surface area (Å²) in [5, 5.41) is 8.16. The monoisotopic (exact) mass is 497 g/mol. The summed E-state index contributed by atoms with van der Waals surface area (Å²) in [6.07, 6.45) is 1.85. The van der Waals surface area contributed by atoms with Crippen LogP contribution in [0, 0.1) is 0 Å². The standard InChI is InChI=1S/C14H18Br3N3S/c1-4-9-13(16)11(20(3)19-9)7-10(18-5-2)12-6-8(15)14(17)21-12/h6,10,18H,4-5,7H2,1-3H3. The largest absolute Gasteiger partial charge is 0.309 e. The van der Waals surface area contributed by atoms with E-state index in [1.165, 1.54) is 10.6 Å². The summed E-state index contributed by atoms with van der Waals surface area (Å²) in [4.78, 5) is 1.32. The molecule has 1 N–H and O–H groups in total. The zero-order valence-electron chi connectivity index (χ0n) is 12.2. The summed E-state index contributed by atoms with van der Waals surface area (Å²) in [6.45, 7) is 5.21. The van der Waals surface area contributed by atoms with E-state index < -0.39 is 0 Å². The lowest BCUT2D eigenvalue weighted by Gasteiger charge is -2.17. The highest BCUT2D eigenvalue weighted by Gasteiger charge is 2.20. The number of halogens is 3. The molecule has 0 amide bonds. The van der Waals surface area contributed by atoms with Crippen LogP contribution in [-0.4, -0.2) is 16.3 Å². The van der Waals surface area contributed by atoms with Crippen molar-refractivity contribution in [2.75, 3.05) is 6.54 Å². The number of hydrogen-bond acceptors (Lipinski definition) is 3. The lowest BCUT2D eigenvalue weighted by Crippen LogP contribution is -2.23. The average molecular weight is 500 g/mol. The molecule has 0 fully saturated rings. The quantitative estimate of drug-likeness (QED) is 0.590. The van der Waals surface area contributed by atoms with Crippen molar-refractivity contribution in [1.29, 1.82) is 0 Å². The number of hydrogen-bond donors (Lipinski definition) is 1. The molecule has 0 aliphatic rings. The molecular formula is C14H18Br3N3S. The van der Waals surface area contributed by atoms with Crippen molar-refractivity contribution >= 4 is 59.1 Å². The minimum atomic E-state index is 0.291.